The van der Waals surface area contributed by atoms with Crippen molar-refractivity contribution in [3.05, 3.63) is 59.7 Å². The Labute approximate surface area is 113 Å². The standard InChI is InChI=1S/C16H16N2O/c1-2-16(18)13-5-9-15(10-6-13)19-14-7-3-12(11-17)4-8-14/h3-10,16H,2,18H2,1H3/t16-/m0/s1. The highest BCUT2D eigenvalue weighted by atomic mass is 16.5. The maximum absolute atomic E-state index is 8.72. The summed E-state index contributed by atoms with van der Waals surface area (Å²) in [6.45, 7) is 2.06. The predicted molar refractivity (Wildman–Crippen MR) is 74.9 cm³/mol. The van der Waals surface area contributed by atoms with Crippen LogP contribution < -0.4 is 10.5 Å². The molecule has 0 radical (unpaired) electrons. The summed E-state index contributed by atoms with van der Waals surface area (Å²) < 4.78 is 5.70. The molecule has 0 heterocycles. The van der Waals surface area contributed by atoms with Crippen molar-refractivity contribution in [3.63, 3.8) is 0 Å². The van der Waals surface area contributed by atoms with Crippen molar-refractivity contribution in [1.29, 1.82) is 5.26 Å². The molecule has 3 heteroatoms. The van der Waals surface area contributed by atoms with Crippen LogP contribution in [-0.4, -0.2) is 0 Å². The molecule has 0 aliphatic carbocycles. The highest BCUT2D eigenvalue weighted by Gasteiger charge is 2.03. The van der Waals surface area contributed by atoms with E-state index >= 15 is 0 Å². The van der Waals surface area contributed by atoms with Crippen LogP contribution in [0.15, 0.2) is 48.5 Å². The monoisotopic (exact) mass is 252 g/mol. The van der Waals surface area contributed by atoms with E-state index < -0.39 is 0 Å². The van der Waals surface area contributed by atoms with Gasteiger partial charge in [-0.25, -0.2) is 0 Å². The largest absolute Gasteiger partial charge is 0.457 e. The fourth-order valence-electron chi connectivity index (χ4n) is 1.75. The minimum Gasteiger partial charge on any atom is -0.457 e. The van der Waals surface area contributed by atoms with Gasteiger partial charge in [0.2, 0.25) is 0 Å². The van der Waals surface area contributed by atoms with E-state index in [0.717, 1.165) is 17.7 Å². The first-order valence-electron chi connectivity index (χ1n) is 6.26. The fraction of sp³-hybridized carbons (Fsp3) is 0.188. The molecule has 0 aliphatic rings. The summed E-state index contributed by atoms with van der Waals surface area (Å²) in [6, 6.07) is 16.9. The van der Waals surface area contributed by atoms with Crippen LogP contribution in [0.4, 0.5) is 0 Å². The van der Waals surface area contributed by atoms with Crippen LogP contribution in [0.5, 0.6) is 11.5 Å². The van der Waals surface area contributed by atoms with Gasteiger partial charge in [0.15, 0.2) is 0 Å². The van der Waals surface area contributed by atoms with Gasteiger partial charge in [-0.3, -0.25) is 0 Å². The van der Waals surface area contributed by atoms with E-state index in [9.17, 15) is 0 Å². The second kappa shape index (κ2) is 6.03. The summed E-state index contributed by atoms with van der Waals surface area (Å²) in [5.74, 6) is 1.48. The second-order valence-corrected chi connectivity index (χ2v) is 4.32. The third kappa shape index (κ3) is 3.34. The smallest absolute Gasteiger partial charge is 0.127 e. The van der Waals surface area contributed by atoms with Crippen LogP contribution in [0.3, 0.4) is 0 Å². The topological polar surface area (TPSA) is 59.0 Å². The molecule has 0 spiro atoms. The summed E-state index contributed by atoms with van der Waals surface area (Å²) in [7, 11) is 0. The van der Waals surface area contributed by atoms with Gasteiger partial charge in [0.1, 0.15) is 11.5 Å². The third-order valence-corrected chi connectivity index (χ3v) is 2.97. The minimum atomic E-state index is 0.0731. The van der Waals surface area contributed by atoms with Crippen LogP contribution in [0, 0.1) is 11.3 Å². The van der Waals surface area contributed by atoms with E-state index in [2.05, 4.69) is 13.0 Å². The molecule has 0 amide bonds. The maximum atomic E-state index is 8.72. The Bertz CT molecular complexity index is 567. The van der Waals surface area contributed by atoms with Gasteiger partial charge in [0, 0.05) is 6.04 Å². The van der Waals surface area contributed by atoms with Gasteiger partial charge in [-0.2, -0.15) is 5.26 Å². The summed E-state index contributed by atoms with van der Waals surface area (Å²) in [5, 5.41) is 8.72. The molecule has 0 aliphatic heterocycles. The quantitative estimate of drug-likeness (QED) is 0.901. The van der Waals surface area contributed by atoms with Crippen LogP contribution in [0.2, 0.25) is 0 Å². The summed E-state index contributed by atoms with van der Waals surface area (Å²) >= 11 is 0. The van der Waals surface area contributed by atoms with Crippen molar-refractivity contribution in [2.75, 3.05) is 0 Å². The number of benzene rings is 2. The lowest BCUT2D eigenvalue weighted by molar-refractivity contribution is 0.482. The molecule has 3 nitrogen and oxygen atoms in total. The third-order valence-electron chi connectivity index (χ3n) is 2.97. The number of nitriles is 1. The number of nitrogens with two attached hydrogens (primary N) is 1. The Kier molecular flexibility index (Phi) is 4.17. The lowest BCUT2D eigenvalue weighted by Gasteiger charge is -2.10. The SMILES string of the molecule is CC[C@H](N)c1ccc(Oc2ccc(C#N)cc2)cc1. The van der Waals surface area contributed by atoms with Crippen molar-refractivity contribution in [3.8, 4) is 17.6 Å². The van der Waals surface area contributed by atoms with Gasteiger partial charge in [0.05, 0.1) is 11.6 Å². The Hall–Kier alpha value is -2.31. The van der Waals surface area contributed by atoms with Crippen LogP contribution >= 0.6 is 0 Å². The molecular weight excluding hydrogens is 236 g/mol. The number of hydrogen-bond acceptors (Lipinski definition) is 3. The molecule has 0 saturated carbocycles. The van der Waals surface area contributed by atoms with E-state index in [1.807, 2.05) is 24.3 Å². The molecule has 0 bridgehead atoms. The summed E-state index contributed by atoms with van der Waals surface area (Å²) in [6.07, 6.45) is 0.913. The van der Waals surface area contributed by atoms with E-state index in [0.29, 0.717) is 11.3 Å². The zero-order chi connectivity index (χ0) is 13.7. The molecule has 2 N–H and O–H groups in total. The average Bonchev–Trinajstić information content (AvgIpc) is 2.48. The zero-order valence-electron chi connectivity index (χ0n) is 10.8. The van der Waals surface area contributed by atoms with Gasteiger partial charge in [-0.05, 0) is 48.4 Å². The number of nitrogens with zero attached hydrogens (tertiary/aromatic N) is 1. The molecule has 2 aromatic carbocycles. The molecular formula is C16H16N2O. The van der Waals surface area contributed by atoms with Gasteiger partial charge in [-0.15, -0.1) is 0 Å². The molecule has 0 aromatic heterocycles. The van der Waals surface area contributed by atoms with Gasteiger partial charge >= 0.3 is 0 Å². The van der Waals surface area contributed by atoms with Gasteiger partial charge in [0.25, 0.3) is 0 Å². The Morgan fingerprint density at radius 3 is 2.05 bits per heavy atom. The van der Waals surface area contributed by atoms with E-state index in [-0.39, 0.29) is 6.04 Å². The normalized spacial score (nSPS) is 11.6. The highest BCUT2D eigenvalue weighted by Crippen LogP contribution is 2.23. The molecule has 0 unspecified atom stereocenters. The summed E-state index contributed by atoms with van der Waals surface area (Å²) in [4.78, 5) is 0. The first-order valence-corrected chi connectivity index (χ1v) is 6.26. The molecule has 19 heavy (non-hydrogen) atoms. The highest BCUT2D eigenvalue weighted by molar-refractivity contribution is 5.38. The molecule has 2 aromatic rings. The average molecular weight is 252 g/mol. The van der Waals surface area contributed by atoms with E-state index in [1.165, 1.54) is 0 Å². The van der Waals surface area contributed by atoms with Gasteiger partial charge in [-0.1, -0.05) is 19.1 Å². The molecule has 0 fully saturated rings. The minimum absolute atomic E-state index is 0.0731. The zero-order valence-corrected chi connectivity index (χ0v) is 10.8. The van der Waals surface area contributed by atoms with Crippen molar-refractivity contribution in [2.24, 2.45) is 5.73 Å². The van der Waals surface area contributed by atoms with Crippen LogP contribution in [0.1, 0.15) is 30.5 Å². The van der Waals surface area contributed by atoms with Crippen molar-refractivity contribution >= 4 is 0 Å². The maximum Gasteiger partial charge on any atom is 0.127 e. The first kappa shape index (κ1) is 13.1. The fourth-order valence-corrected chi connectivity index (χ4v) is 1.75. The number of ether oxygens (including phenoxy) is 1. The second-order valence-electron chi connectivity index (χ2n) is 4.32. The van der Waals surface area contributed by atoms with E-state index in [1.54, 1.807) is 24.3 Å². The lowest BCUT2D eigenvalue weighted by atomic mass is 10.1. The van der Waals surface area contributed by atoms with Gasteiger partial charge < -0.3 is 10.5 Å². The van der Waals surface area contributed by atoms with Crippen molar-refractivity contribution in [1.82, 2.24) is 0 Å². The van der Waals surface area contributed by atoms with Crippen molar-refractivity contribution in [2.45, 2.75) is 19.4 Å². The predicted octanol–water partition coefficient (Wildman–Crippen LogP) is 3.76. The Balaban J connectivity index is 2.08. The number of hydrogen-bond donors (Lipinski definition) is 1. The lowest BCUT2D eigenvalue weighted by Crippen LogP contribution is -2.07. The number of rotatable bonds is 4. The Morgan fingerprint density at radius 1 is 1.05 bits per heavy atom. The van der Waals surface area contributed by atoms with E-state index in [4.69, 9.17) is 15.7 Å². The summed E-state index contributed by atoms with van der Waals surface area (Å²) in [5.41, 5.74) is 7.69. The molecule has 0 saturated heterocycles. The molecule has 2 rings (SSSR count). The Morgan fingerprint density at radius 2 is 1.58 bits per heavy atom. The molecule has 96 valence electrons. The van der Waals surface area contributed by atoms with Crippen LogP contribution in [0.25, 0.3) is 0 Å². The molecule has 1 atom stereocenters. The first-order chi connectivity index (χ1) is 9.22. The van der Waals surface area contributed by atoms with Crippen LogP contribution in [-0.2, 0) is 0 Å². The van der Waals surface area contributed by atoms with Crippen molar-refractivity contribution < 1.29 is 4.74 Å².